The minimum atomic E-state index is -0.564. The van der Waals surface area contributed by atoms with E-state index < -0.39 is 6.10 Å². The normalized spacial score (nSPS) is 12.9. The van der Waals surface area contributed by atoms with E-state index in [0.717, 1.165) is 17.7 Å². The van der Waals surface area contributed by atoms with Crippen LogP contribution in [0.5, 0.6) is 0 Å². The van der Waals surface area contributed by atoms with Crippen LogP contribution in [0, 0.1) is 19.8 Å². The third-order valence-electron chi connectivity index (χ3n) is 2.88. The van der Waals surface area contributed by atoms with Gasteiger partial charge in [-0.25, -0.2) is 0 Å². The zero-order chi connectivity index (χ0) is 14.3. The first-order valence-corrected chi connectivity index (χ1v) is 6.91. The van der Waals surface area contributed by atoms with Gasteiger partial charge in [-0.3, -0.25) is 0 Å². The fourth-order valence-electron chi connectivity index (χ4n) is 1.92. The van der Waals surface area contributed by atoms with Gasteiger partial charge in [0.2, 0.25) is 0 Å². The van der Waals surface area contributed by atoms with Gasteiger partial charge in [-0.05, 0) is 30.9 Å². The molecule has 1 aromatic rings. The van der Waals surface area contributed by atoms with Crippen molar-refractivity contribution in [2.24, 2.45) is 5.92 Å². The zero-order valence-corrected chi connectivity index (χ0v) is 12.5. The summed E-state index contributed by atoms with van der Waals surface area (Å²) in [6, 6.07) is 6.05. The molecule has 1 unspecified atom stereocenters. The summed E-state index contributed by atoms with van der Waals surface area (Å²) in [5.74, 6) is 0.542. The Bertz CT molecular complexity index is 374. The molecule has 0 amide bonds. The molecular formula is C16H26O3. The van der Waals surface area contributed by atoms with Crippen molar-refractivity contribution in [3.05, 3.63) is 34.9 Å². The monoisotopic (exact) mass is 266 g/mol. The summed E-state index contributed by atoms with van der Waals surface area (Å²) in [6.45, 7) is 10.5. The highest BCUT2D eigenvalue weighted by atomic mass is 16.5. The van der Waals surface area contributed by atoms with Crippen LogP contribution in [0.25, 0.3) is 0 Å². The van der Waals surface area contributed by atoms with E-state index in [0.29, 0.717) is 25.7 Å². The molecule has 0 fully saturated rings. The van der Waals surface area contributed by atoms with Gasteiger partial charge in [0, 0.05) is 6.61 Å². The van der Waals surface area contributed by atoms with Gasteiger partial charge < -0.3 is 14.6 Å². The molecule has 1 N–H and O–H groups in total. The molecule has 3 nitrogen and oxygen atoms in total. The van der Waals surface area contributed by atoms with Gasteiger partial charge in [0.25, 0.3) is 0 Å². The van der Waals surface area contributed by atoms with Crippen LogP contribution in [0.4, 0.5) is 0 Å². The molecule has 1 atom stereocenters. The SMILES string of the molecule is Cc1ccc(C(O)COCCOCC(C)C)c(C)c1. The Morgan fingerprint density at radius 3 is 2.26 bits per heavy atom. The van der Waals surface area contributed by atoms with Crippen LogP contribution in [-0.4, -0.2) is 31.5 Å². The van der Waals surface area contributed by atoms with Crippen LogP contribution >= 0.6 is 0 Å². The van der Waals surface area contributed by atoms with Crippen molar-refractivity contribution in [3.8, 4) is 0 Å². The van der Waals surface area contributed by atoms with Gasteiger partial charge in [-0.2, -0.15) is 0 Å². The lowest BCUT2D eigenvalue weighted by Gasteiger charge is -2.15. The van der Waals surface area contributed by atoms with Gasteiger partial charge in [-0.15, -0.1) is 0 Å². The first-order chi connectivity index (χ1) is 9.00. The van der Waals surface area contributed by atoms with E-state index in [4.69, 9.17) is 9.47 Å². The maximum absolute atomic E-state index is 10.1. The molecule has 0 aliphatic rings. The standard InChI is InChI=1S/C16H26O3/c1-12(2)10-18-7-8-19-11-16(17)15-6-5-13(3)9-14(15)4/h5-6,9,12,16-17H,7-8,10-11H2,1-4H3. The molecule has 0 aliphatic heterocycles. The van der Waals surface area contributed by atoms with Crippen molar-refractivity contribution < 1.29 is 14.6 Å². The highest BCUT2D eigenvalue weighted by molar-refractivity contribution is 5.31. The first kappa shape index (κ1) is 16.2. The Kier molecular flexibility index (Phi) is 7.06. The average molecular weight is 266 g/mol. The fourth-order valence-corrected chi connectivity index (χ4v) is 1.92. The summed E-state index contributed by atoms with van der Waals surface area (Å²) < 4.78 is 10.9. The van der Waals surface area contributed by atoms with Gasteiger partial charge in [-0.1, -0.05) is 37.6 Å². The van der Waals surface area contributed by atoms with Crippen LogP contribution in [0.15, 0.2) is 18.2 Å². The summed E-state index contributed by atoms with van der Waals surface area (Å²) in [4.78, 5) is 0. The molecule has 0 saturated heterocycles. The van der Waals surface area contributed by atoms with E-state index in [9.17, 15) is 5.11 Å². The second-order valence-electron chi connectivity index (χ2n) is 5.42. The summed E-state index contributed by atoms with van der Waals surface area (Å²) >= 11 is 0. The number of ether oxygens (including phenoxy) is 2. The molecule has 1 rings (SSSR count). The molecule has 0 saturated carbocycles. The molecule has 0 heterocycles. The van der Waals surface area contributed by atoms with Gasteiger partial charge >= 0.3 is 0 Å². The number of aliphatic hydroxyl groups excluding tert-OH is 1. The predicted molar refractivity (Wildman–Crippen MR) is 77.4 cm³/mol. The van der Waals surface area contributed by atoms with E-state index >= 15 is 0 Å². The lowest BCUT2D eigenvalue weighted by atomic mass is 10.0. The molecule has 0 aromatic heterocycles. The number of aryl methyl sites for hydroxylation is 2. The fraction of sp³-hybridized carbons (Fsp3) is 0.625. The van der Waals surface area contributed by atoms with Crippen LogP contribution < -0.4 is 0 Å². The minimum absolute atomic E-state index is 0.314. The maximum Gasteiger partial charge on any atom is 0.103 e. The molecule has 0 spiro atoms. The van der Waals surface area contributed by atoms with E-state index in [1.807, 2.05) is 26.0 Å². The largest absolute Gasteiger partial charge is 0.386 e. The van der Waals surface area contributed by atoms with Crippen molar-refractivity contribution >= 4 is 0 Å². The Balaban J connectivity index is 2.25. The molecule has 1 aromatic carbocycles. The van der Waals surface area contributed by atoms with E-state index in [1.54, 1.807) is 0 Å². The second-order valence-corrected chi connectivity index (χ2v) is 5.42. The Morgan fingerprint density at radius 2 is 1.68 bits per heavy atom. The highest BCUT2D eigenvalue weighted by Gasteiger charge is 2.10. The van der Waals surface area contributed by atoms with Crippen molar-refractivity contribution in [1.29, 1.82) is 0 Å². The topological polar surface area (TPSA) is 38.7 Å². The highest BCUT2D eigenvalue weighted by Crippen LogP contribution is 2.19. The molecule has 0 radical (unpaired) electrons. The number of hydrogen-bond acceptors (Lipinski definition) is 3. The number of benzene rings is 1. The Hall–Kier alpha value is -0.900. The molecular weight excluding hydrogens is 240 g/mol. The third-order valence-corrected chi connectivity index (χ3v) is 2.88. The van der Waals surface area contributed by atoms with Crippen LogP contribution in [0.1, 0.15) is 36.6 Å². The maximum atomic E-state index is 10.1. The van der Waals surface area contributed by atoms with E-state index in [-0.39, 0.29) is 0 Å². The number of hydrogen-bond donors (Lipinski definition) is 1. The lowest BCUT2D eigenvalue weighted by molar-refractivity contribution is -0.00138. The molecule has 108 valence electrons. The number of aliphatic hydroxyl groups is 1. The van der Waals surface area contributed by atoms with Crippen molar-refractivity contribution in [2.75, 3.05) is 26.4 Å². The first-order valence-electron chi connectivity index (χ1n) is 6.91. The quantitative estimate of drug-likeness (QED) is 0.735. The van der Waals surface area contributed by atoms with Crippen LogP contribution in [0.3, 0.4) is 0 Å². The summed E-state index contributed by atoms with van der Waals surface area (Å²) in [6.07, 6.45) is -0.564. The summed E-state index contributed by atoms with van der Waals surface area (Å²) in [5.41, 5.74) is 3.25. The van der Waals surface area contributed by atoms with E-state index in [2.05, 4.69) is 19.9 Å². The van der Waals surface area contributed by atoms with Gasteiger partial charge in [0.05, 0.1) is 19.8 Å². The van der Waals surface area contributed by atoms with E-state index in [1.165, 1.54) is 5.56 Å². The second kappa shape index (κ2) is 8.31. The van der Waals surface area contributed by atoms with Gasteiger partial charge in [0.1, 0.15) is 6.10 Å². The van der Waals surface area contributed by atoms with Crippen molar-refractivity contribution in [3.63, 3.8) is 0 Å². The zero-order valence-electron chi connectivity index (χ0n) is 12.5. The average Bonchev–Trinajstić information content (AvgIpc) is 2.32. The minimum Gasteiger partial charge on any atom is -0.386 e. The lowest BCUT2D eigenvalue weighted by Crippen LogP contribution is -2.13. The van der Waals surface area contributed by atoms with Crippen molar-refractivity contribution in [1.82, 2.24) is 0 Å². The summed E-state index contributed by atoms with van der Waals surface area (Å²) in [7, 11) is 0. The smallest absolute Gasteiger partial charge is 0.103 e. The molecule has 19 heavy (non-hydrogen) atoms. The summed E-state index contributed by atoms with van der Waals surface area (Å²) in [5, 5.41) is 10.1. The number of rotatable bonds is 8. The Labute approximate surface area is 116 Å². The van der Waals surface area contributed by atoms with Crippen LogP contribution in [-0.2, 0) is 9.47 Å². The third kappa shape index (κ3) is 6.19. The molecule has 0 aliphatic carbocycles. The van der Waals surface area contributed by atoms with Crippen molar-refractivity contribution in [2.45, 2.75) is 33.8 Å². The molecule has 0 bridgehead atoms. The molecule has 3 heteroatoms. The predicted octanol–water partition coefficient (Wildman–Crippen LogP) is 3.03. The van der Waals surface area contributed by atoms with Crippen LogP contribution in [0.2, 0.25) is 0 Å². The van der Waals surface area contributed by atoms with Gasteiger partial charge in [0.15, 0.2) is 0 Å². The Morgan fingerprint density at radius 1 is 1.05 bits per heavy atom.